The third-order valence-corrected chi connectivity index (χ3v) is 3.44. The maximum Gasteiger partial charge on any atom is 0.134 e. The number of allylic oxidation sites excluding steroid dienone is 1. The molecule has 1 N–H and O–H groups in total. The van der Waals surface area contributed by atoms with E-state index in [2.05, 4.69) is 6.08 Å². The molecule has 0 aromatic carbocycles. The Balaban J connectivity index is 1.93. The van der Waals surface area contributed by atoms with Crippen LogP contribution in [0.2, 0.25) is 0 Å². The molecule has 0 amide bonds. The second-order valence-corrected chi connectivity index (χ2v) is 4.88. The van der Waals surface area contributed by atoms with Crippen LogP contribution in [-0.4, -0.2) is 5.11 Å². The molecule has 3 nitrogen and oxygen atoms in total. The number of nitrogens with zero attached hydrogens (tertiary/aromatic N) is 1. The summed E-state index contributed by atoms with van der Waals surface area (Å²) in [7, 11) is 0. The van der Waals surface area contributed by atoms with Gasteiger partial charge in [-0.25, -0.2) is 0 Å². The third kappa shape index (κ3) is 3.48. The Morgan fingerprint density at radius 2 is 2.17 bits per heavy atom. The average molecular weight is 245 g/mol. The van der Waals surface area contributed by atoms with E-state index < -0.39 is 6.10 Å². The van der Waals surface area contributed by atoms with Crippen molar-refractivity contribution in [2.75, 3.05) is 0 Å². The fourth-order valence-corrected chi connectivity index (χ4v) is 2.38. The van der Waals surface area contributed by atoms with Crippen molar-refractivity contribution in [3.8, 4) is 6.07 Å². The lowest BCUT2D eigenvalue weighted by Crippen LogP contribution is -2.02. The highest BCUT2D eigenvalue weighted by Gasteiger charge is 2.12. The molecule has 1 aromatic heterocycles. The second-order valence-electron chi connectivity index (χ2n) is 4.88. The van der Waals surface area contributed by atoms with Crippen LogP contribution in [0.3, 0.4) is 0 Å². The van der Waals surface area contributed by atoms with E-state index in [0.29, 0.717) is 11.7 Å². The van der Waals surface area contributed by atoms with Gasteiger partial charge in [0.15, 0.2) is 0 Å². The number of hydrogen-bond acceptors (Lipinski definition) is 3. The first-order valence-electron chi connectivity index (χ1n) is 6.62. The van der Waals surface area contributed by atoms with Gasteiger partial charge in [0.25, 0.3) is 0 Å². The van der Waals surface area contributed by atoms with Gasteiger partial charge in [-0.3, -0.25) is 0 Å². The Morgan fingerprint density at radius 3 is 2.89 bits per heavy atom. The Kier molecular flexibility index (Phi) is 4.60. The largest absolute Gasteiger partial charge is 0.459 e. The molecule has 0 spiro atoms. The van der Waals surface area contributed by atoms with Gasteiger partial charge in [0.1, 0.15) is 17.6 Å². The molecule has 1 aromatic rings. The molecule has 2 rings (SSSR count). The summed E-state index contributed by atoms with van der Waals surface area (Å²) in [5.74, 6) is 1.89. The standard InChI is InChI=1S/C15H19NO2/c16-11-10-14(17)15-9-8-13(18-15)7-6-12-4-2-1-3-5-12/h6-9,12,14,17H,1-5,10H2. The van der Waals surface area contributed by atoms with Crippen molar-refractivity contribution < 1.29 is 9.52 Å². The number of hydrogen-bond donors (Lipinski definition) is 1. The summed E-state index contributed by atoms with van der Waals surface area (Å²) >= 11 is 0. The lowest BCUT2D eigenvalue weighted by molar-refractivity contribution is 0.154. The fourth-order valence-electron chi connectivity index (χ4n) is 2.38. The molecule has 18 heavy (non-hydrogen) atoms. The number of aliphatic hydroxyl groups is 1. The molecule has 0 saturated heterocycles. The highest BCUT2D eigenvalue weighted by Crippen LogP contribution is 2.26. The average Bonchev–Trinajstić information content (AvgIpc) is 2.87. The topological polar surface area (TPSA) is 57.2 Å². The Morgan fingerprint density at radius 1 is 1.39 bits per heavy atom. The summed E-state index contributed by atoms with van der Waals surface area (Å²) in [4.78, 5) is 0. The quantitative estimate of drug-likeness (QED) is 0.877. The Hall–Kier alpha value is -1.53. The summed E-state index contributed by atoms with van der Waals surface area (Å²) in [6.45, 7) is 0. The molecule has 1 aliphatic rings. The first-order chi connectivity index (χ1) is 8.79. The predicted octanol–water partition coefficient (Wildman–Crippen LogP) is 3.82. The van der Waals surface area contributed by atoms with Gasteiger partial charge >= 0.3 is 0 Å². The number of furan rings is 1. The van der Waals surface area contributed by atoms with E-state index in [1.165, 1.54) is 32.1 Å². The molecule has 1 aliphatic carbocycles. The normalized spacial score (nSPS) is 18.9. The van der Waals surface area contributed by atoms with E-state index in [0.717, 1.165) is 5.76 Å². The summed E-state index contributed by atoms with van der Waals surface area (Å²) in [5, 5.41) is 18.1. The van der Waals surface area contributed by atoms with Crippen molar-refractivity contribution in [1.82, 2.24) is 0 Å². The highest BCUT2D eigenvalue weighted by molar-refractivity contribution is 5.43. The summed E-state index contributed by atoms with van der Waals surface area (Å²) in [6, 6.07) is 5.51. The van der Waals surface area contributed by atoms with Crippen LogP contribution >= 0.6 is 0 Å². The molecule has 1 atom stereocenters. The molecule has 0 radical (unpaired) electrons. The third-order valence-electron chi connectivity index (χ3n) is 3.44. The molecular weight excluding hydrogens is 226 g/mol. The molecule has 1 fully saturated rings. The van der Waals surface area contributed by atoms with Gasteiger partial charge in [0.05, 0.1) is 12.5 Å². The maximum absolute atomic E-state index is 9.61. The molecule has 0 aliphatic heterocycles. The van der Waals surface area contributed by atoms with Crippen LogP contribution < -0.4 is 0 Å². The van der Waals surface area contributed by atoms with Crippen molar-refractivity contribution in [2.24, 2.45) is 5.92 Å². The zero-order valence-electron chi connectivity index (χ0n) is 10.5. The first-order valence-corrected chi connectivity index (χ1v) is 6.62. The van der Waals surface area contributed by atoms with Gasteiger partial charge in [0, 0.05) is 0 Å². The number of nitriles is 1. The molecule has 1 unspecified atom stereocenters. The molecule has 1 saturated carbocycles. The van der Waals surface area contributed by atoms with Crippen molar-refractivity contribution in [1.29, 1.82) is 5.26 Å². The van der Waals surface area contributed by atoms with Gasteiger partial charge in [-0.15, -0.1) is 0 Å². The highest BCUT2D eigenvalue weighted by atomic mass is 16.4. The first kappa shape index (κ1) is 12.9. The van der Waals surface area contributed by atoms with E-state index >= 15 is 0 Å². The van der Waals surface area contributed by atoms with E-state index in [-0.39, 0.29) is 6.42 Å². The fraction of sp³-hybridized carbons (Fsp3) is 0.533. The molecule has 3 heteroatoms. The minimum Gasteiger partial charge on any atom is -0.459 e. The minimum absolute atomic E-state index is 0.0687. The van der Waals surface area contributed by atoms with E-state index in [1.807, 2.05) is 18.2 Å². The smallest absolute Gasteiger partial charge is 0.134 e. The van der Waals surface area contributed by atoms with Crippen LogP contribution in [0.15, 0.2) is 22.6 Å². The Bertz CT molecular complexity index is 436. The Labute approximate surface area is 108 Å². The second kappa shape index (κ2) is 6.42. The van der Waals surface area contributed by atoms with Crippen LogP contribution in [0, 0.1) is 17.2 Å². The molecule has 96 valence electrons. The molecule has 0 bridgehead atoms. The van der Waals surface area contributed by atoms with Gasteiger partial charge in [-0.1, -0.05) is 25.3 Å². The summed E-state index contributed by atoms with van der Waals surface area (Å²) < 4.78 is 5.50. The van der Waals surface area contributed by atoms with Crippen LogP contribution in [-0.2, 0) is 0 Å². The monoisotopic (exact) mass is 245 g/mol. The minimum atomic E-state index is -0.813. The van der Waals surface area contributed by atoms with E-state index in [4.69, 9.17) is 9.68 Å². The van der Waals surface area contributed by atoms with Crippen molar-refractivity contribution in [2.45, 2.75) is 44.6 Å². The van der Waals surface area contributed by atoms with Crippen LogP contribution in [0.4, 0.5) is 0 Å². The SMILES string of the molecule is N#CCC(O)c1ccc(C=CC2CCCCC2)o1. The van der Waals surface area contributed by atoms with Crippen LogP contribution in [0.5, 0.6) is 0 Å². The van der Waals surface area contributed by atoms with E-state index in [1.54, 1.807) is 6.07 Å². The van der Waals surface area contributed by atoms with E-state index in [9.17, 15) is 5.11 Å². The number of aliphatic hydroxyl groups excluding tert-OH is 1. The zero-order chi connectivity index (χ0) is 12.8. The molecule has 1 heterocycles. The predicted molar refractivity (Wildman–Crippen MR) is 69.5 cm³/mol. The van der Waals surface area contributed by atoms with Gasteiger partial charge in [-0.05, 0) is 37.0 Å². The van der Waals surface area contributed by atoms with Crippen LogP contribution in [0.25, 0.3) is 6.08 Å². The van der Waals surface area contributed by atoms with Gasteiger partial charge < -0.3 is 9.52 Å². The summed E-state index contributed by atoms with van der Waals surface area (Å²) in [6.07, 6.45) is 9.97. The maximum atomic E-state index is 9.61. The van der Waals surface area contributed by atoms with Gasteiger partial charge in [-0.2, -0.15) is 5.26 Å². The van der Waals surface area contributed by atoms with Gasteiger partial charge in [0.2, 0.25) is 0 Å². The lowest BCUT2D eigenvalue weighted by atomic mass is 9.89. The van der Waals surface area contributed by atoms with Crippen molar-refractivity contribution in [3.05, 3.63) is 29.7 Å². The van der Waals surface area contributed by atoms with Crippen molar-refractivity contribution in [3.63, 3.8) is 0 Å². The van der Waals surface area contributed by atoms with Crippen LogP contribution in [0.1, 0.15) is 56.1 Å². The van der Waals surface area contributed by atoms with Crippen molar-refractivity contribution >= 4 is 6.08 Å². The number of rotatable bonds is 4. The zero-order valence-corrected chi connectivity index (χ0v) is 10.5. The summed E-state index contributed by atoms with van der Waals surface area (Å²) in [5.41, 5.74) is 0. The molecular formula is C15H19NO2. The lowest BCUT2D eigenvalue weighted by Gasteiger charge is -2.17.